The molecule has 104 valence electrons. The molecule has 1 heterocycles. The van der Waals surface area contributed by atoms with Gasteiger partial charge in [0.15, 0.2) is 0 Å². The first-order chi connectivity index (χ1) is 8.34. The standard InChI is InChI=1S/C12H22N2O3S/c1-9(10(15)16)7-14(3)11(17)13-8-12(2)5-4-6-18-12/h9H,4-8H2,1-3H3,(H,13,17)(H,15,16). The van der Waals surface area contributed by atoms with Crippen LogP contribution in [0.3, 0.4) is 0 Å². The zero-order valence-electron chi connectivity index (χ0n) is 11.2. The first kappa shape index (κ1) is 15.1. The Balaban J connectivity index is 2.33. The molecule has 18 heavy (non-hydrogen) atoms. The number of hydrogen-bond donors (Lipinski definition) is 2. The van der Waals surface area contributed by atoms with Gasteiger partial charge in [-0.1, -0.05) is 6.92 Å². The van der Waals surface area contributed by atoms with Crippen LogP contribution in [-0.4, -0.2) is 52.6 Å². The van der Waals surface area contributed by atoms with E-state index in [9.17, 15) is 9.59 Å². The van der Waals surface area contributed by atoms with Crippen LogP contribution < -0.4 is 5.32 Å². The summed E-state index contributed by atoms with van der Waals surface area (Å²) in [5.74, 6) is -0.275. The molecule has 0 bridgehead atoms. The normalized spacial score (nSPS) is 24.6. The Morgan fingerprint density at radius 3 is 2.72 bits per heavy atom. The lowest BCUT2D eigenvalue weighted by molar-refractivity contribution is -0.141. The van der Waals surface area contributed by atoms with Crippen LogP contribution in [0.1, 0.15) is 26.7 Å². The first-order valence-electron chi connectivity index (χ1n) is 6.20. The second-order valence-electron chi connectivity index (χ2n) is 5.18. The Hall–Kier alpha value is -0.910. The van der Waals surface area contributed by atoms with Crippen molar-refractivity contribution in [1.82, 2.24) is 10.2 Å². The van der Waals surface area contributed by atoms with Gasteiger partial charge < -0.3 is 15.3 Å². The summed E-state index contributed by atoms with van der Waals surface area (Å²) in [7, 11) is 1.62. The molecular weight excluding hydrogens is 252 g/mol. The van der Waals surface area contributed by atoms with Crippen molar-refractivity contribution in [3.05, 3.63) is 0 Å². The minimum absolute atomic E-state index is 0.134. The van der Waals surface area contributed by atoms with Crippen LogP contribution in [0.4, 0.5) is 4.79 Å². The summed E-state index contributed by atoms with van der Waals surface area (Å²) in [6, 6.07) is -0.197. The van der Waals surface area contributed by atoms with E-state index in [1.165, 1.54) is 11.3 Å². The van der Waals surface area contributed by atoms with Crippen molar-refractivity contribution in [2.45, 2.75) is 31.4 Å². The van der Waals surface area contributed by atoms with E-state index in [1.807, 2.05) is 11.8 Å². The fraction of sp³-hybridized carbons (Fsp3) is 0.833. The van der Waals surface area contributed by atoms with Crippen LogP contribution in [0.2, 0.25) is 0 Å². The van der Waals surface area contributed by atoms with E-state index in [2.05, 4.69) is 12.2 Å². The number of thioether (sulfide) groups is 1. The number of carbonyl (C=O) groups is 2. The second kappa shape index (κ2) is 6.31. The molecule has 0 saturated carbocycles. The third kappa shape index (κ3) is 4.40. The maximum absolute atomic E-state index is 11.8. The number of carboxylic acid groups (broad SMARTS) is 1. The van der Waals surface area contributed by atoms with Gasteiger partial charge in [0, 0.05) is 24.9 Å². The van der Waals surface area contributed by atoms with Gasteiger partial charge in [-0.2, -0.15) is 11.8 Å². The van der Waals surface area contributed by atoms with Gasteiger partial charge in [0.05, 0.1) is 5.92 Å². The van der Waals surface area contributed by atoms with E-state index >= 15 is 0 Å². The molecule has 2 atom stereocenters. The number of urea groups is 1. The van der Waals surface area contributed by atoms with Crippen LogP contribution in [0, 0.1) is 5.92 Å². The van der Waals surface area contributed by atoms with E-state index < -0.39 is 11.9 Å². The number of rotatable bonds is 5. The van der Waals surface area contributed by atoms with E-state index in [4.69, 9.17) is 5.11 Å². The molecule has 2 amide bonds. The lowest BCUT2D eigenvalue weighted by Crippen LogP contribution is -2.45. The molecule has 1 aliphatic rings. The highest BCUT2D eigenvalue weighted by molar-refractivity contribution is 8.00. The number of nitrogens with zero attached hydrogens (tertiary/aromatic N) is 1. The van der Waals surface area contributed by atoms with E-state index in [0.717, 1.165) is 12.2 Å². The van der Waals surface area contributed by atoms with Gasteiger partial charge in [0.1, 0.15) is 0 Å². The van der Waals surface area contributed by atoms with Crippen LogP contribution in [0.5, 0.6) is 0 Å². The second-order valence-corrected chi connectivity index (χ2v) is 6.86. The zero-order valence-corrected chi connectivity index (χ0v) is 12.0. The number of aliphatic carboxylic acids is 1. The predicted octanol–water partition coefficient (Wildman–Crippen LogP) is 1.63. The number of nitrogens with one attached hydrogen (secondary N) is 1. The summed E-state index contributed by atoms with van der Waals surface area (Å²) in [6.07, 6.45) is 2.32. The highest BCUT2D eigenvalue weighted by Crippen LogP contribution is 2.36. The first-order valence-corrected chi connectivity index (χ1v) is 7.18. The van der Waals surface area contributed by atoms with Gasteiger partial charge in [-0.3, -0.25) is 4.79 Å². The Labute approximate surface area is 112 Å². The molecule has 1 saturated heterocycles. The van der Waals surface area contributed by atoms with E-state index in [1.54, 1.807) is 14.0 Å². The number of carbonyl (C=O) groups excluding carboxylic acids is 1. The van der Waals surface area contributed by atoms with Gasteiger partial charge >= 0.3 is 12.0 Å². The molecule has 0 aromatic carbocycles. The molecule has 0 aromatic heterocycles. The molecule has 0 aromatic rings. The fourth-order valence-electron chi connectivity index (χ4n) is 1.95. The van der Waals surface area contributed by atoms with Crippen molar-refractivity contribution >= 4 is 23.8 Å². The maximum Gasteiger partial charge on any atom is 0.317 e. The quantitative estimate of drug-likeness (QED) is 0.799. The largest absolute Gasteiger partial charge is 0.481 e. The summed E-state index contributed by atoms with van der Waals surface area (Å²) in [5.41, 5.74) is 0. The van der Waals surface area contributed by atoms with Crippen LogP contribution in [0.15, 0.2) is 0 Å². The van der Waals surface area contributed by atoms with Gasteiger partial charge in [-0.05, 0) is 25.5 Å². The Kier molecular flexibility index (Phi) is 5.31. The average molecular weight is 274 g/mol. The molecule has 1 fully saturated rings. The Morgan fingerprint density at radius 1 is 1.56 bits per heavy atom. The average Bonchev–Trinajstić information content (AvgIpc) is 2.73. The van der Waals surface area contributed by atoms with Crippen molar-refractivity contribution in [3.8, 4) is 0 Å². The van der Waals surface area contributed by atoms with Crippen molar-refractivity contribution in [2.75, 3.05) is 25.9 Å². The van der Waals surface area contributed by atoms with Gasteiger partial charge in [-0.15, -0.1) is 0 Å². The van der Waals surface area contributed by atoms with E-state index in [-0.39, 0.29) is 17.3 Å². The van der Waals surface area contributed by atoms with Crippen LogP contribution >= 0.6 is 11.8 Å². The highest BCUT2D eigenvalue weighted by Gasteiger charge is 2.30. The fourth-order valence-corrected chi connectivity index (χ4v) is 3.19. The molecule has 0 spiro atoms. The molecule has 6 heteroatoms. The van der Waals surface area contributed by atoms with Gasteiger partial charge in [-0.25, -0.2) is 4.79 Å². The lowest BCUT2D eigenvalue weighted by Gasteiger charge is -2.26. The van der Waals surface area contributed by atoms with Crippen LogP contribution in [0.25, 0.3) is 0 Å². The SMILES string of the molecule is CC(CN(C)C(=O)NCC1(C)CCCS1)C(=O)O. The summed E-state index contributed by atoms with van der Waals surface area (Å²) >= 11 is 1.89. The summed E-state index contributed by atoms with van der Waals surface area (Å²) < 4.78 is 0.134. The molecule has 0 radical (unpaired) electrons. The molecule has 2 N–H and O–H groups in total. The van der Waals surface area contributed by atoms with E-state index in [0.29, 0.717) is 6.54 Å². The Morgan fingerprint density at radius 2 is 2.22 bits per heavy atom. The van der Waals surface area contributed by atoms with Crippen molar-refractivity contribution < 1.29 is 14.7 Å². The smallest absolute Gasteiger partial charge is 0.317 e. The number of carboxylic acids is 1. The molecular formula is C12H22N2O3S. The molecule has 2 unspecified atom stereocenters. The summed E-state index contributed by atoms with van der Waals surface area (Å²) in [4.78, 5) is 24.0. The minimum atomic E-state index is -0.882. The third-order valence-corrected chi connectivity index (χ3v) is 4.77. The van der Waals surface area contributed by atoms with Crippen molar-refractivity contribution in [3.63, 3.8) is 0 Å². The molecule has 5 nitrogen and oxygen atoms in total. The summed E-state index contributed by atoms with van der Waals surface area (Å²) in [5, 5.41) is 11.7. The summed E-state index contributed by atoms with van der Waals surface area (Å²) in [6.45, 7) is 4.62. The van der Waals surface area contributed by atoms with Crippen LogP contribution in [-0.2, 0) is 4.79 Å². The number of hydrogen-bond acceptors (Lipinski definition) is 3. The monoisotopic (exact) mass is 274 g/mol. The zero-order chi connectivity index (χ0) is 13.8. The number of amides is 2. The Bertz CT molecular complexity index is 316. The highest BCUT2D eigenvalue weighted by atomic mass is 32.2. The van der Waals surface area contributed by atoms with Gasteiger partial charge in [0.25, 0.3) is 0 Å². The molecule has 1 aliphatic heterocycles. The molecule has 1 rings (SSSR count). The van der Waals surface area contributed by atoms with Crippen molar-refractivity contribution in [2.24, 2.45) is 5.92 Å². The van der Waals surface area contributed by atoms with Gasteiger partial charge in [0.2, 0.25) is 0 Å². The maximum atomic E-state index is 11.8. The van der Waals surface area contributed by atoms with Crippen molar-refractivity contribution in [1.29, 1.82) is 0 Å². The topological polar surface area (TPSA) is 69.6 Å². The lowest BCUT2D eigenvalue weighted by atomic mass is 10.1. The minimum Gasteiger partial charge on any atom is -0.481 e. The molecule has 0 aliphatic carbocycles. The third-order valence-electron chi connectivity index (χ3n) is 3.23. The predicted molar refractivity (Wildman–Crippen MR) is 72.9 cm³/mol.